The molecule has 0 radical (unpaired) electrons. The zero-order chi connectivity index (χ0) is 23.7. The topological polar surface area (TPSA) is 52.6 Å². The van der Waals surface area contributed by atoms with Gasteiger partial charge >= 0.3 is 0 Å². The third-order valence-corrected chi connectivity index (χ3v) is 9.36. The molecule has 5 rings (SSSR count). The van der Waals surface area contributed by atoms with Crippen LogP contribution in [0, 0.1) is 11.8 Å². The summed E-state index contributed by atoms with van der Waals surface area (Å²) in [7, 11) is 0. The van der Waals surface area contributed by atoms with Crippen LogP contribution in [0.1, 0.15) is 90.0 Å². The van der Waals surface area contributed by atoms with E-state index in [-0.39, 0.29) is 5.92 Å². The Labute approximate surface area is 206 Å². The van der Waals surface area contributed by atoms with Gasteiger partial charge in [-0.15, -0.1) is 0 Å². The highest BCUT2D eigenvalue weighted by molar-refractivity contribution is 5.80. The third kappa shape index (κ3) is 5.18. The van der Waals surface area contributed by atoms with Gasteiger partial charge < -0.3 is 9.80 Å². The normalized spacial score (nSPS) is 31.4. The van der Waals surface area contributed by atoms with Gasteiger partial charge in [0.2, 0.25) is 5.95 Å². The average Bonchev–Trinajstić information content (AvgIpc) is 3.13. The fourth-order valence-electron chi connectivity index (χ4n) is 7.08. The Morgan fingerprint density at radius 1 is 0.912 bits per heavy atom. The van der Waals surface area contributed by atoms with Crippen LogP contribution in [0.3, 0.4) is 0 Å². The van der Waals surface area contributed by atoms with Crippen LogP contribution >= 0.6 is 0 Å². The molecule has 1 aromatic heterocycles. The zero-order valence-corrected chi connectivity index (χ0v) is 21.7. The molecule has 1 aliphatic carbocycles. The smallest absolute Gasteiger partial charge is 0.225 e. The number of rotatable bonds is 7. The van der Waals surface area contributed by atoms with Gasteiger partial charge in [-0.25, -0.2) is 9.97 Å². The van der Waals surface area contributed by atoms with Crippen molar-refractivity contribution in [3.8, 4) is 0 Å². The summed E-state index contributed by atoms with van der Waals surface area (Å²) in [6, 6.07) is 1.90. The van der Waals surface area contributed by atoms with Crippen LogP contribution in [0.4, 0.5) is 5.95 Å². The molecule has 4 heterocycles. The minimum absolute atomic E-state index is 0.191. The molecule has 2 atom stereocenters. The average molecular weight is 468 g/mol. The van der Waals surface area contributed by atoms with Crippen molar-refractivity contribution < 1.29 is 4.79 Å². The van der Waals surface area contributed by atoms with Crippen LogP contribution in [0.2, 0.25) is 0 Å². The van der Waals surface area contributed by atoms with Gasteiger partial charge in [0.1, 0.15) is 5.78 Å². The maximum absolute atomic E-state index is 12.1. The number of likely N-dealkylation sites (tertiary alicyclic amines) is 2. The number of anilines is 1. The van der Waals surface area contributed by atoms with Crippen molar-refractivity contribution in [3.63, 3.8) is 0 Å². The number of hydrogen-bond donors (Lipinski definition) is 0. The summed E-state index contributed by atoms with van der Waals surface area (Å²) in [6.07, 6.45) is 15.1. The van der Waals surface area contributed by atoms with E-state index in [4.69, 9.17) is 9.97 Å². The minimum Gasteiger partial charge on any atom is -0.332 e. The quantitative estimate of drug-likeness (QED) is 0.588. The number of carbonyl (C=O) groups excluding carboxylic acids is 1. The maximum atomic E-state index is 12.1. The van der Waals surface area contributed by atoms with Crippen molar-refractivity contribution in [1.29, 1.82) is 0 Å². The number of ketones is 1. The first-order valence-corrected chi connectivity index (χ1v) is 14.1. The molecule has 2 unspecified atom stereocenters. The number of likely N-dealkylation sites (N-methyl/N-ethyl adjacent to an activating group) is 1. The summed E-state index contributed by atoms with van der Waals surface area (Å²) >= 11 is 0. The lowest BCUT2D eigenvalue weighted by Gasteiger charge is -2.41. The SMILES string of the molecule is CCN1CC2CCC(C1)N2c1ncc(C2CCN([C@H]3CC[C@@H](CC(=O)C(C)C)CC3)CC2)cn1. The molecule has 3 aliphatic heterocycles. The van der Waals surface area contributed by atoms with Gasteiger partial charge in [0.25, 0.3) is 0 Å². The number of fused-ring (bicyclic) bond motifs is 2. The van der Waals surface area contributed by atoms with E-state index in [2.05, 4.69) is 34.0 Å². The molecule has 188 valence electrons. The van der Waals surface area contributed by atoms with Crippen LogP contribution in [0.15, 0.2) is 12.4 Å². The second-order valence-corrected chi connectivity index (χ2v) is 11.8. The largest absolute Gasteiger partial charge is 0.332 e. The van der Waals surface area contributed by atoms with E-state index in [0.29, 0.717) is 29.7 Å². The third-order valence-electron chi connectivity index (χ3n) is 9.36. The highest BCUT2D eigenvalue weighted by Crippen LogP contribution is 2.36. The number of aromatic nitrogens is 2. The predicted molar refractivity (Wildman–Crippen MR) is 137 cm³/mol. The number of nitrogens with zero attached hydrogens (tertiary/aromatic N) is 5. The summed E-state index contributed by atoms with van der Waals surface area (Å²) in [4.78, 5) is 29.7. The fourth-order valence-corrected chi connectivity index (χ4v) is 7.08. The Morgan fingerprint density at radius 2 is 1.50 bits per heavy atom. The van der Waals surface area contributed by atoms with E-state index in [1.807, 2.05) is 13.8 Å². The molecule has 0 aromatic carbocycles. The van der Waals surface area contributed by atoms with Crippen LogP contribution in [-0.2, 0) is 4.79 Å². The van der Waals surface area contributed by atoms with Crippen molar-refractivity contribution in [1.82, 2.24) is 19.8 Å². The number of piperazine rings is 1. The molecule has 4 aliphatic rings. The van der Waals surface area contributed by atoms with E-state index in [9.17, 15) is 4.79 Å². The summed E-state index contributed by atoms with van der Waals surface area (Å²) < 4.78 is 0. The van der Waals surface area contributed by atoms with E-state index >= 15 is 0 Å². The standard InChI is InChI=1S/C28H45N5O/c1-4-31-18-25-9-10-26(19-31)33(25)28-29-16-23(17-30-28)22-11-13-32(14-12-22)24-7-5-21(6-8-24)15-27(34)20(2)3/h16-17,20-22,24-26H,4-15,18-19H2,1-3H3/t21-,24+,25?,26?. The van der Waals surface area contributed by atoms with Gasteiger partial charge in [-0.1, -0.05) is 20.8 Å². The van der Waals surface area contributed by atoms with Crippen LogP contribution < -0.4 is 4.90 Å². The molecule has 2 bridgehead atoms. The molecule has 1 aromatic rings. The molecular formula is C28H45N5O. The lowest BCUT2D eigenvalue weighted by molar-refractivity contribution is -0.123. The van der Waals surface area contributed by atoms with Crippen molar-refractivity contribution in [2.24, 2.45) is 11.8 Å². The summed E-state index contributed by atoms with van der Waals surface area (Å²) in [6.45, 7) is 12.2. The molecule has 6 heteroatoms. The molecule has 0 amide bonds. The number of hydrogen-bond acceptors (Lipinski definition) is 6. The Morgan fingerprint density at radius 3 is 2.06 bits per heavy atom. The molecular weight excluding hydrogens is 422 g/mol. The van der Waals surface area contributed by atoms with Gasteiger partial charge in [-0.05, 0) is 88.4 Å². The molecule has 6 nitrogen and oxygen atoms in total. The molecule has 0 spiro atoms. The fraction of sp³-hybridized carbons (Fsp3) is 0.821. The van der Waals surface area contributed by atoms with Gasteiger partial charge in [0.05, 0.1) is 0 Å². The molecule has 3 saturated heterocycles. The summed E-state index contributed by atoms with van der Waals surface area (Å²) in [5, 5.41) is 0. The Bertz CT molecular complexity index is 797. The summed E-state index contributed by atoms with van der Waals surface area (Å²) in [5.41, 5.74) is 1.33. The second kappa shape index (κ2) is 10.6. The molecule has 4 fully saturated rings. The highest BCUT2D eigenvalue weighted by Gasteiger charge is 2.40. The van der Waals surface area contributed by atoms with Gasteiger partial charge in [-0.3, -0.25) is 9.69 Å². The van der Waals surface area contributed by atoms with Gasteiger partial charge in [0.15, 0.2) is 0 Å². The summed E-state index contributed by atoms with van der Waals surface area (Å²) in [5.74, 6) is 2.82. The monoisotopic (exact) mass is 467 g/mol. The van der Waals surface area contributed by atoms with Crippen molar-refractivity contribution in [2.75, 3.05) is 37.6 Å². The minimum atomic E-state index is 0.191. The Kier molecular flexibility index (Phi) is 7.55. The predicted octanol–water partition coefficient (Wildman–Crippen LogP) is 4.50. The van der Waals surface area contributed by atoms with Crippen molar-refractivity contribution in [3.05, 3.63) is 18.0 Å². The molecule has 0 N–H and O–H groups in total. The van der Waals surface area contributed by atoms with E-state index in [1.165, 1.54) is 70.0 Å². The lowest BCUT2D eigenvalue weighted by atomic mass is 9.80. The van der Waals surface area contributed by atoms with E-state index in [1.54, 1.807) is 0 Å². The highest BCUT2D eigenvalue weighted by atomic mass is 16.1. The zero-order valence-electron chi connectivity index (χ0n) is 21.7. The lowest BCUT2D eigenvalue weighted by Crippen LogP contribution is -2.54. The molecule has 1 saturated carbocycles. The van der Waals surface area contributed by atoms with E-state index in [0.717, 1.165) is 38.0 Å². The van der Waals surface area contributed by atoms with Crippen LogP contribution in [0.5, 0.6) is 0 Å². The van der Waals surface area contributed by atoms with Gasteiger partial charge in [-0.2, -0.15) is 0 Å². The first-order chi connectivity index (χ1) is 16.5. The number of carbonyl (C=O) groups is 1. The molecule has 34 heavy (non-hydrogen) atoms. The first-order valence-electron chi connectivity index (χ1n) is 14.1. The van der Waals surface area contributed by atoms with Crippen LogP contribution in [-0.4, -0.2) is 76.4 Å². The number of piperidine rings is 1. The Balaban J connectivity index is 1.10. The van der Waals surface area contributed by atoms with E-state index < -0.39 is 0 Å². The van der Waals surface area contributed by atoms with Crippen molar-refractivity contribution >= 4 is 11.7 Å². The van der Waals surface area contributed by atoms with Crippen LogP contribution in [0.25, 0.3) is 0 Å². The number of Topliss-reactive ketones (excluding diaryl/α,β-unsaturated/α-hetero) is 1. The maximum Gasteiger partial charge on any atom is 0.225 e. The van der Waals surface area contributed by atoms with Crippen molar-refractivity contribution in [2.45, 2.75) is 103 Å². The van der Waals surface area contributed by atoms with Gasteiger partial charge in [0, 0.05) is 55.9 Å². The second-order valence-electron chi connectivity index (χ2n) is 11.8. The Hall–Kier alpha value is -1.53. The first kappa shape index (κ1) is 24.2.